The Bertz CT molecular complexity index is 1230. The first-order chi connectivity index (χ1) is 15.6. The maximum Gasteiger partial charge on any atom is 0.373 e. The quantitative estimate of drug-likeness (QED) is 0.190. The van der Waals surface area contributed by atoms with Crippen LogP contribution in [0.1, 0.15) is 19.8 Å². The number of unbranched alkanes of at least 4 members (excludes halogenated alkanes) is 1. The minimum atomic E-state index is -0.555. The van der Waals surface area contributed by atoms with Gasteiger partial charge in [0.05, 0.1) is 11.5 Å². The minimum absolute atomic E-state index is 0.0421. The Balaban J connectivity index is 1.57. The molecule has 0 aliphatic heterocycles. The van der Waals surface area contributed by atoms with Crippen molar-refractivity contribution >= 4 is 28.0 Å². The summed E-state index contributed by atoms with van der Waals surface area (Å²) in [5, 5.41) is 16.8. The highest BCUT2D eigenvalue weighted by molar-refractivity contribution is 5.83. The summed E-state index contributed by atoms with van der Waals surface area (Å²) >= 11 is 0. The first-order valence-corrected chi connectivity index (χ1v) is 10.3. The van der Waals surface area contributed by atoms with Gasteiger partial charge in [0.1, 0.15) is 17.8 Å². The number of nitro groups is 1. The largest absolute Gasteiger partial charge is 0.494 e. The normalized spacial score (nSPS) is 10.7. The number of nitrogens with one attached hydrogen (secondary N) is 1. The van der Waals surface area contributed by atoms with Gasteiger partial charge < -0.3 is 14.8 Å². The van der Waals surface area contributed by atoms with E-state index in [1.54, 1.807) is 30.3 Å². The molecule has 8 nitrogen and oxygen atoms in total. The zero-order valence-electron chi connectivity index (χ0n) is 17.5. The molecule has 32 heavy (non-hydrogen) atoms. The lowest BCUT2D eigenvalue weighted by molar-refractivity contribution is -0.385. The molecular formula is C24H22N4O4. The van der Waals surface area contributed by atoms with Gasteiger partial charge in [-0.2, -0.15) is 4.98 Å². The lowest BCUT2D eigenvalue weighted by Gasteiger charge is -2.11. The molecule has 0 spiro atoms. The molecule has 162 valence electrons. The third-order valence-corrected chi connectivity index (χ3v) is 4.79. The van der Waals surface area contributed by atoms with Crippen LogP contribution in [-0.4, -0.2) is 21.5 Å². The molecule has 1 N–H and O–H groups in total. The van der Waals surface area contributed by atoms with Gasteiger partial charge >= 0.3 is 11.6 Å². The number of ether oxygens (including phenoxy) is 2. The molecular weight excluding hydrogens is 408 g/mol. The summed E-state index contributed by atoms with van der Waals surface area (Å²) in [5.41, 5.74) is 0.287. The Kier molecular flexibility index (Phi) is 6.41. The zero-order valence-corrected chi connectivity index (χ0v) is 17.5. The summed E-state index contributed by atoms with van der Waals surface area (Å²) in [4.78, 5) is 19.3. The molecule has 0 aliphatic rings. The highest BCUT2D eigenvalue weighted by atomic mass is 16.6. The number of nitrogens with zero attached hydrogens (tertiary/aromatic N) is 3. The predicted molar refractivity (Wildman–Crippen MR) is 123 cm³/mol. The first kappa shape index (κ1) is 21.0. The molecule has 3 aromatic carbocycles. The van der Waals surface area contributed by atoms with Crippen molar-refractivity contribution in [3.05, 3.63) is 83.2 Å². The van der Waals surface area contributed by atoms with Crippen molar-refractivity contribution < 1.29 is 14.4 Å². The zero-order chi connectivity index (χ0) is 22.3. The third-order valence-electron chi connectivity index (χ3n) is 4.79. The molecule has 4 aromatic rings. The standard InChI is InChI=1S/C24H22N4O4/c1-2-3-14-31-20-12-9-19(10-13-20)27-23-22(28(29)30)24(26-16-25-23)32-21-11-8-17-6-4-5-7-18(17)15-21/h4-13,15-16H,2-3,14H2,1H3,(H,25,26,27). The fourth-order valence-electron chi connectivity index (χ4n) is 3.14. The van der Waals surface area contributed by atoms with Crippen molar-refractivity contribution in [3.63, 3.8) is 0 Å². The van der Waals surface area contributed by atoms with Gasteiger partial charge in [-0.3, -0.25) is 10.1 Å². The van der Waals surface area contributed by atoms with Crippen molar-refractivity contribution in [2.24, 2.45) is 0 Å². The van der Waals surface area contributed by atoms with Crippen LogP contribution in [0.5, 0.6) is 17.4 Å². The van der Waals surface area contributed by atoms with Crippen molar-refractivity contribution in [1.82, 2.24) is 9.97 Å². The third kappa shape index (κ3) is 4.92. The van der Waals surface area contributed by atoms with E-state index in [1.807, 2.05) is 36.4 Å². The number of anilines is 2. The lowest BCUT2D eigenvalue weighted by atomic mass is 10.1. The number of hydrogen-bond donors (Lipinski definition) is 1. The van der Waals surface area contributed by atoms with Crippen molar-refractivity contribution in [3.8, 4) is 17.4 Å². The number of fused-ring (bicyclic) bond motifs is 1. The van der Waals surface area contributed by atoms with Crippen LogP contribution in [-0.2, 0) is 0 Å². The second-order valence-corrected chi connectivity index (χ2v) is 7.10. The number of hydrogen-bond acceptors (Lipinski definition) is 7. The predicted octanol–water partition coefficient (Wildman–Crippen LogP) is 6.25. The van der Waals surface area contributed by atoms with Crippen LogP contribution in [0.4, 0.5) is 17.2 Å². The second kappa shape index (κ2) is 9.74. The highest BCUT2D eigenvalue weighted by Crippen LogP contribution is 2.36. The topological polar surface area (TPSA) is 99.4 Å². The molecule has 0 aliphatic carbocycles. The molecule has 0 unspecified atom stereocenters. The Labute approximate surface area is 185 Å². The first-order valence-electron chi connectivity index (χ1n) is 10.3. The van der Waals surface area contributed by atoms with E-state index in [0.29, 0.717) is 18.0 Å². The van der Waals surface area contributed by atoms with Gasteiger partial charge in [-0.25, -0.2) is 4.98 Å². The second-order valence-electron chi connectivity index (χ2n) is 7.10. The number of benzene rings is 3. The van der Waals surface area contributed by atoms with E-state index in [-0.39, 0.29) is 17.4 Å². The smallest absolute Gasteiger partial charge is 0.373 e. The molecule has 0 fully saturated rings. The van der Waals surface area contributed by atoms with Gasteiger partial charge in [-0.05, 0) is 53.6 Å². The van der Waals surface area contributed by atoms with Gasteiger partial charge in [0.15, 0.2) is 0 Å². The summed E-state index contributed by atoms with van der Waals surface area (Å²) in [5.74, 6) is 1.09. The van der Waals surface area contributed by atoms with E-state index in [0.717, 1.165) is 29.4 Å². The molecule has 1 aromatic heterocycles. The Morgan fingerprint density at radius 1 is 0.969 bits per heavy atom. The summed E-state index contributed by atoms with van der Waals surface area (Å²) in [6, 6.07) is 20.4. The van der Waals surface area contributed by atoms with Gasteiger partial charge in [0, 0.05) is 5.69 Å². The fourth-order valence-corrected chi connectivity index (χ4v) is 3.14. The van der Waals surface area contributed by atoms with E-state index in [2.05, 4.69) is 22.2 Å². The van der Waals surface area contributed by atoms with Crippen LogP contribution in [0.15, 0.2) is 73.1 Å². The lowest BCUT2D eigenvalue weighted by Crippen LogP contribution is -2.03. The van der Waals surface area contributed by atoms with Gasteiger partial charge in [-0.1, -0.05) is 43.7 Å². The summed E-state index contributed by atoms with van der Waals surface area (Å²) in [6.45, 7) is 2.75. The van der Waals surface area contributed by atoms with E-state index in [1.165, 1.54) is 6.33 Å². The molecule has 0 amide bonds. The molecule has 0 saturated heterocycles. The van der Waals surface area contributed by atoms with E-state index < -0.39 is 4.92 Å². The summed E-state index contributed by atoms with van der Waals surface area (Å²) < 4.78 is 11.4. The summed E-state index contributed by atoms with van der Waals surface area (Å²) in [7, 11) is 0. The van der Waals surface area contributed by atoms with Crippen LogP contribution < -0.4 is 14.8 Å². The van der Waals surface area contributed by atoms with Crippen LogP contribution >= 0.6 is 0 Å². The van der Waals surface area contributed by atoms with E-state index >= 15 is 0 Å². The van der Waals surface area contributed by atoms with Gasteiger partial charge in [-0.15, -0.1) is 0 Å². The van der Waals surface area contributed by atoms with Gasteiger partial charge in [0.25, 0.3) is 0 Å². The van der Waals surface area contributed by atoms with E-state index in [4.69, 9.17) is 9.47 Å². The van der Waals surface area contributed by atoms with E-state index in [9.17, 15) is 10.1 Å². The molecule has 0 radical (unpaired) electrons. The number of aromatic nitrogens is 2. The molecule has 4 rings (SSSR count). The molecule has 8 heteroatoms. The van der Waals surface area contributed by atoms with Crippen LogP contribution in [0, 0.1) is 10.1 Å². The van der Waals surface area contributed by atoms with Crippen molar-refractivity contribution in [1.29, 1.82) is 0 Å². The monoisotopic (exact) mass is 430 g/mol. The summed E-state index contributed by atoms with van der Waals surface area (Å²) in [6.07, 6.45) is 3.27. The Morgan fingerprint density at radius 3 is 2.47 bits per heavy atom. The molecule has 0 atom stereocenters. The highest BCUT2D eigenvalue weighted by Gasteiger charge is 2.25. The average Bonchev–Trinajstić information content (AvgIpc) is 2.80. The average molecular weight is 430 g/mol. The molecule has 0 bridgehead atoms. The van der Waals surface area contributed by atoms with Crippen LogP contribution in [0.3, 0.4) is 0 Å². The molecule has 1 heterocycles. The van der Waals surface area contributed by atoms with Crippen LogP contribution in [0.25, 0.3) is 10.8 Å². The Morgan fingerprint density at radius 2 is 1.72 bits per heavy atom. The van der Waals surface area contributed by atoms with Crippen LogP contribution in [0.2, 0.25) is 0 Å². The number of rotatable bonds is 9. The molecule has 0 saturated carbocycles. The SMILES string of the molecule is CCCCOc1ccc(Nc2ncnc(Oc3ccc4ccccc4c3)c2[N+](=O)[O-])cc1. The van der Waals surface area contributed by atoms with Crippen molar-refractivity contribution in [2.75, 3.05) is 11.9 Å². The maximum absolute atomic E-state index is 11.8. The Hall–Kier alpha value is -4.20. The fraction of sp³-hybridized carbons (Fsp3) is 0.167. The maximum atomic E-state index is 11.8. The van der Waals surface area contributed by atoms with Gasteiger partial charge in [0.2, 0.25) is 5.82 Å². The minimum Gasteiger partial charge on any atom is -0.494 e. The van der Waals surface area contributed by atoms with Crippen molar-refractivity contribution in [2.45, 2.75) is 19.8 Å².